The van der Waals surface area contributed by atoms with Crippen molar-refractivity contribution in [3.05, 3.63) is 29.8 Å². The van der Waals surface area contributed by atoms with Crippen molar-refractivity contribution in [1.29, 1.82) is 0 Å². The zero-order valence-electron chi connectivity index (χ0n) is 9.42. The molecule has 0 heterocycles. The minimum Gasteiger partial charge on any atom is -0.479 e. The van der Waals surface area contributed by atoms with E-state index >= 15 is 0 Å². The van der Waals surface area contributed by atoms with Gasteiger partial charge in [-0.15, -0.1) is 0 Å². The second-order valence-electron chi connectivity index (χ2n) is 3.46. The molecule has 7 heteroatoms. The highest BCUT2D eigenvalue weighted by Crippen LogP contribution is 2.22. The largest absolute Gasteiger partial charge is 0.479 e. The number of hydrogen-bond donors (Lipinski definition) is 1. The summed E-state index contributed by atoms with van der Waals surface area (Å²) >= 11 is 0. The van der Waals surface area contributed by atoms with Crippen molar-refractivity contribution in [1.82, 2.24) is 4.90 Å². The first kappa shape index (κ1) is 13.9. The molecule has 1 aromatic rings. The summed E-state index contributed by atoms with van der Waals surface area (Å²) in [7, 11) is 1.31. The van der Waals surface area contributed by atoms with E-state index in [0.717, 1.165) is 4.90 Å². The van der Waals surface area contributed by atoms with E-state index in [1.165, 1.54) is 31.3 Å². The molecule has 18 heavy (non-hydrogen) atoms. The normalized spacial score (nSPS) is 12.0. The number of amides is 1. The molecule has 0 bridgehead atoms. The van der Waals surface area contributed by atoms with Gasteiger partial charge in [0.05, 0.1) is 0 Å². The fourth-order valence-corrected chi connectivity index (χ4v) is 1.44. The molecule has 1 atom stereocenters. The van der Waals surface area contributed by atoms with E-state index in [9.17, 15) is 18.4 Å². The number of alkyl halides is 2. The average Bonchev–Trinajstić information content (AvgIpc) is 2.30. The van der Waals surface area contributed by atoms with Gasteiger partial charge in [-0.2, -0.15) is 8.78 Å². The first-order valence-electron chi connectivity index (χ1n) is 4.90. The monoisotopic (exact) mass is 259 g/mol. The van der Waals surface area contributed by atoms with Crippen LogP contribution < -0.4 is 4.74 Å². The quantitative estimate of drug-likeness (QED) is 0.786. The number of benzene rings is 1. The van der Waals surface area contributed by atoms with E-state index in [1.807, 2.05) is 0 Å². The van der Waals surface area contributed by atoms with E-state index in [1.54, 1.807) is 0 Å². The Hall–Kier alpha value is -2.18. The van der Waals surface area contributed by atoms with Gasteiger partial charge in [0, 0.05) is 7.05 Å². The maximum Gasteiger partial charge on any atom is 0.387 e. The predicted octanol–water partition coefficient (Wildman–Crippen LogP) is 1.50. The molecule has 1 N–H and O–H groups in total. The number of carboxylic acids is 1. The van der Waals surface area contributed by atoms with Gasteiger partial charge in [-0.25, -0.2) is 4.79 Å². The van der Waals surface area contributed by atoms with E-state index in [0.29, 0.717) is 12.0 Å². The molecule has 0 aromatic heterocycles. The van der Waals surface area contributed by atoms with Gasteiger partial charge in [0.1, 0.15) is 5.75 Å². The zero-order chi connectivity index (χ0) is 13.7. The van der Waals surface area contributed by atoms with E-state index < -0.39 is 18.6 Å². The third kappa shape index (κ3) is 3.41. The van der Waals surface area contributed by atoms with Gasteiger partial charge in [0.15, 0.2) is 6.04 Å². The molecule has 1 rings (SSSR count). The highest BCUT2D eigenvalue weighted by Gasteiger charge is 2.23. The standard InChI is InChI=1S/C11H11F2NO4/c1-14(6-15)9(10(16)17)7-2-4-8(5-3-7)18-11(12)13/h2-6,9,11H,1H3,(H,16,17). The van der Waals surface area contributed by atoms with Crippen molar-refractivity contribution in [2.75, 3.05) is 7.05 Å². The molecule has 0 aliphatic heterocycles. The Kier molecular flexibility index (Phi) is 4.59. The third-order valence-electron chi connectivity index (χ3n) is 2.23. The molecule has 0 aliphatic carbocycles. The number of carbonyl (C=O) groups excluding carboxylic acids is 1. The molecule has 5 nitrogen and oxygen atoms in total. The molecule has 0 fully saturated rings. The molecular weight excluding hydrogens is 248 g/mol. The van der Waals surface area contributed by atoms with Crippen LogP contribution in [0.4, 0.5) is 8.78 Å². The number of carbonyl (C=O) groups is 2. The van der Waals surface area contributed by atoms with E-state index in [2.05, 4.69) is 4.74 Å². The minimum absolute atomic E-state index is 0.0772. The Bertz CT molecular complexity index is 422. The van der Waals surface area contributed by atoms with Crippen molar-refractivity contribution < 1.29 is 28.2 Å². The Morgan fingerprint density at radius 2 is 1.94 bits per heavy atom. The van der Waals surface area contributed by atoms with Crippen molar-refractivity contribution in [3.8, 4) is 5.75 Å². The van der Waals surface area contributed by atoms with E-state index in [-0.39, 0.29) is 5.75 Å². The molecule has 1 unspecified atom stereocenters. The molecule has 1 aromatic carbocycles. The zero-order valence-corrected chi connectivity index (χ0v) is 9.42. The van der Waals surface area contributed by atoms with Crippen LogP contribution in [0.5, 0.6) is 5.75 Å². The number of aliphatic carboxylic acids is 1. The number of likely N-dealkylation sites (N-methyl/N-ethyl adjacent to an activating group) is 1. The summed E-state index contributed by atoms with van der Waals surface area (Å²) in [5.74, 6) is -1.29. The SMILES string of the molecule is CN(C=O)C(C(=O)O)c1ccc(OC(F)F)cc1. The summed E-state index contributed by atoms with van der Waals surface area (Å²) in [6.45, 7) is -2.94. The summed E-state index contributed by atoms with van der Waals surface area (Å²) < 4.78 is 28.0. The second-order valence-corrected chi connectivity index (χ2v) is 3.46. The lowest BCUT2D eigenvalue weighted by Crippen LogP contribution is -2.29. The lowest BCUT2D eigenvalue weighted by molar-refractivity contribution is -0.145. The van der Waals surface area contributed by atoms with E-state index in [4.69, 9.17) is 5.11 Å². The van der Waals surface area contributed by atoms with Crippen LogP contribution in [-0.4, -0.2) is 36.0 Å². The lowest BCUT2D eigenvalue weighted by Gasteiger charge is -2.20. The van der Waals surface area contributed by atoms with Crippen molar-refractivity contribution in [2.45, 2.75) is 12.7 Å². The van der Waals surface area contributed by atoms with Crippen LogP contribution >= 0.6 is 0 Å². The average molecular weight is 259 g/mol. The van der Waals surface area contributed by atoms with Gasteiger partial charge in [-0.3, -0.25) is 4.79 Å². The molecule has 0 saturated heterocycles. The maximum atomic E-state index is 11.9. The Labute approximate surface area is 102 Å². The highest BCUT2D eigenvalue weighted by atomic mass is 19.3. The first-order chi connectivity index (χ1) is 8.45. The number of hydrogen-bond acceptors (Lipinski definition) is 3. The van der Waals surface area contributed by atoms with Crippen LogP contribution in [0.2, 0.25) is 0 Å². The van der Waals surface area contributed by atoms with Crippen molar-refractivity contribution in [2.24, 2.45) is 0 Å². The fraction of sp³-hybridized carbons (Fsp3) is 0.273. The van der Waals surface area contributed by atoms with Crippen LogP contribution in [0.15, 0.2) is 24.3 Å². The predicted molar refractivity (Wildman–Crippen MR) is 57.3 cm³/mol. The number of carboxylic acid groups (broad SMARTS) is 1. The van der Waals surface area contributed by atoms with Gasteiger partial charge >= 0.3 is 12.6 Å². The summed E-state index contributed by atoms with van der Waals surface area (Å²) in [4.78, 5) is 22.5. The van der Waals surface area contributed by atoms with Crippen molar-refractivity contribution >= 4 is 12.4 Å². The molecule has 0 radical (unpaired) electrons. The topological polar surface area (TPSA) is 66.8 Å². The molecule has 98 valence electrons. The summed E-state index contributed by atoms with van der Waals surface area (Å²) in [6.07, 6.45) is 0.377. The number of nitrogens with zero attached hydrogens (tertiary/aromatic N) is 1. The third-order valence-corrected chi connectivity index (χ3v) is 2.23. The highest BCUT2D eigenvalue weighted by molar-refractivity contribution is 5.78. The van der Waals surface area contributed by atoms with Crippen LogP contribution in [0, 0.1) is 0 Å². The molecule has 0 spiro atoms. The smallest absolute Gasteiger partial charge is 0.387 e. The molecule has 0 saturated carbocycles. The molecule has 0 aliphatic rings. The van der Waals surface area contributed by atoms with Gasteiger partial charge in [-0.1, -0.05) is 12.1 Å². The van der Waals surface area contributed by atoms with Gasteiger partial charge in [0.2, 0.25) is 6.41 Å². The minimum atomic E-state index is -2.94. The van der Waals surface area contributed by atoms with Gasteiger partial charge in [-0.05, 0) is 17.7 Å². The van der Waals surface area contributed by atoms with Gasteiger partial charge in [0.25, 0.3) is 0 Å². The van der Waals surface area contributed by atoms with Crippen LogP contribution in [0.25, 0.3) is 0 Å². The Morgan fingerprint density at radius 3 is 2.33 bits per heavy atom. The number of rotatable bonds is 6. The molecule has 1 amide bonds. The summed E-state index contributed by atoms with van der Waals surface area (Å²) in [6, 6.07) is 3.90. The number of halogens is 2. The van der Waals surface area contributed by atoms with Gasteiger partial charge < -0.3 is 14.7 Å². The lowest BCUT2D eigenvalue weighted by atomic mass is 10.1. The maximum absolute atomic E-state index is 11.9. The fourth-order valence-electron chi connectivity index (χ4n) is 1.44. The Balaban J connectivity index is 2.94. The number of ether oxygens (including phenoxy) is 1. The summed E-state index contributed by atoms with van der Waals surface area (Å²) in [5.41, 5.74) is 0.290. The Morgan fingerprint density at radius 1 is 1.39 bits per heavy atom. The van der Waals surface area contributed by atoms with Crippen LogP contribution in [0.1, 0.15) is 11.6 Å². The molecular formula is C11H11F2NO4. The second kappa shape index (κ2) is 5.95. The van der Waals surface area contributed by atoms with Crippen molar-refractivity contribution in [3.63, 3.8) is 0 Å². The summed E-state index contributed by atoms with van der Waals surface area (Å²) in [5, 5.41) is 8.99. The van der Waals surface area contributed by atoms with Crippen LogP contribution in [-0.2, 0) is 9.59 Å². The first-order valence-corrected chi connectivity index (χ1v) is 4.90. The van der Waals surface area contributed by atoms with Crippen LogP contribution in [0.3, 0.4) is 0 Å².